The Morgan fingerprint density at radius 2 is 1.55 bits per heavy atom. The summed E-state index contributed by atoms with van der Waals surface area (Å²) in [5, 5.41) is 1.91. The van der Waals surface area contributed by atoms with Crippen molar-refractivity contribution in [3.63, 3.8) is 0 Å². The van der Waals surface area contributed by atoms with Crippen molar-refractivity contribution in [2.24, 2.45) is 0 Å². The Kier molecular flexibility index (Phi) is 6.10. The van der Waals surface area contributed by atoms with E-state index >= 15 is 0 Å². The Bertz CT molecular complexity index is 844. The van der Waals surface area contributed by atoms with Crippen LogP contribution in [0.5, 0.6) is 0 Å². The number of anilines is 1. The minimum absolute atomic E-state index is 0.0789. The molecule has 0 saturated carbocycles. The van der Waals surface area contributed by atoms with Crippen LogP contribution in [0.2, 0.25) is 0 Å². The largest absolute Gasteiger partial charge is 0.366 e. The minimum atomic E-state index is -0.220. The van der Waals surface area contributed by atoms with E-state index in [1.165, 1.54) is 17.4 Å². The van der Waals surface area contributed by atoms with Gasteiger partial charge in [-0.25, -0.2) is 4.39 Å². The third kappa shape index (κ3) is 4.59. The second-order valence-corrected chi connectivity index (χ2v) is 8.31. The first-order valence-electron chi connectivity index (χ1n) is 9.94. The number of piperazine rings is 2. The van der Waals surface area contributed by atoms with Gasteiger partial charge in [-0.05, 0) is 23.6 Å². The number of nitrogens with zero attached hydrogens (tertiary/aromatic N) is 4. The van der Waals surface area contributed by atoms with Crippen LogP contribution in [0.3, 0.4) is 0 Å². The van der Waals surface area contributed by atoms with Gasteiger partial charge in [0.2, 0.25) is 5.91 Å². The summed E-state index contributed by atoms with van der Waals surface area (Å²) < 4.78 is 14.0. The predicted molar refractivity (Wildman–Crippen MR) is 112 cm³/mol. The Morgan fingerprint density at radius 3 is 2.21 bits per heavy atom. The van der Waals surface area contributed by atoms with Gasteiger partial charge in [-0.1, -0.05) is 18.2 Å². The number of amides is 2. The molecule has 0 spiro atoms. The van der Waals surface area contributed by atoms with Crippen molar-refractivity contribution in [3.05, 3.63) is 52.5 Å². The Labute approximate surface area is 174 Å². The lowest BCUT2D eigenvalue weighted by Gasteiger charge is -2.38. The second-order valence-electron chi connectivity index (χ2n) is 7.36. The molecular weight excluding hydrogens is 391 g/mol. The Morgan fingerprint density at radius 1 is 0.862 bits per heavy atom. The van der Waals surface area contributed by atoms with Crippen LogP contribution in [0.4, 0.5) is 10.1 Å². The highest BCUT2D eigenvalue weighted by molar-refractivity contribution is 7.12. The first kappa shape index (κ1) is 19.8. The van der Waals surface area contributed by atoms with Crippen LogP contribution in [-0.2, 0) is 4.79 Å². The number of carbonyl (C=O) groups excluding carboxylic acids is 2. The molecule has 4 rings (SSSR count). The van der Waals surface area contributed by atoms with Crippen molar-refractivity contribution in [2.45, 2.75) is 0 Å². The molecule has 2 saturated heterocycles. The van der Waals surface area contributed by atoms with Gasteiger partial charge in [0.05, 0.1) is 17.1 Å². The van der Waals surface area contributed by atoms with E-state index in [2.05, 4.69) is 4.90 Å². The summed E-state index contributed by atoms with van der Waals surface area (Å²) in [6.07, 6.45) is 0. The van der Waals surface area contributed by atoms with E-state index in [9.17, 15) is 14.0 Å². The zero-order valence-corrected chi connectivity index (χ0v) is 17.1. The number of halogens is 1. The van der Waals surface area contributed by atoms with Gasteiger partial charge in [0.15, 0.2) is 0 Å². The number of hydrogen-bond donors (Lipinski definition) is 0. The van der Waals surface area contributed by atoms with Crippen LogP contribution >= 0.6 is 11.3 Å². The third-order valence-electron chi connectivity index (χ3n) is 5.58. The molecule has 0 aliphatic carbocycles. The molecular formula is C21H25FN4O2S. The van der Waals surface area contributed by atoms with Gasteiger partial charge in [-0.2, -0.15) is 0 Å². The highest BCUT2D eigenvalue weighted by atomic mass is 32.1. The minimum Gasteiger partial charge on any atom is -0.366 e. The molecule has 0 unspecified atom stereocenters. The van der Waals surface area contributed by atoms with E-state index in [0.717, 1.165) is 4.88 Å². The van der Waals surface area contributed by atoms with Crippen LogP contribution in [-0.4, -0.2) is 85.4 Å². The SMILES string of the molecule is O=C(CN1CCN(C(=O)c2cccs2)CC1)N1CCN(c2ccccc2F)CC1. The predicted octanol–water partition coefficient (Wildman–Crippen LogP) is 1.99. The summed E-state index contributed by atoms with van der Waals surface area (Å²) in [4.78, 5) is 33.7. The molecule has 2 aromatic rings. The topological polar surface area (TPSA) is 47.1 Å². The summed E-state index contributed by atoms with van der Waals surface area (Å²) in [5.41, 5.74) is 0.603. The Balaban J connectivity index is 1.23. The van der Waals surface area contributed by atoms with Crippen LogP contribution in [0.25, 0.3) is 0 Å². The number of hydrogen-bond acceptors (Lipinski definition) is 5. The van der Waals surface area contributed by atoms with E-state index in [1.807, 2.05) is 38.3 Å². The molecule has 1 aromatic heterocycles. The van der Waals surface area contributed by atoms with E-state index in [4.69, 9.17) is 0 Å². The van der Waals surface area contributed by atoms with Crippen molar-refractivity contribution in [3.8, 4) is 0 Å². The average Bonchev–Trinajstić information content (AvgIpc) is 3.29. The van der Waals surface area contributed by atoms with E-state index in [0.29, 0.717) is 64.6 Å². The first-order valence-corrected chi connectivity index (χ1v) is 10.8. The highest BCUT2D eigenvalue weighted by Crippen LogP contribution is 2.20. The summed E-state index contributed by atoms with van der Waals surface area (Å²) in [6, 6.07) is 10.5. The first-order chi connectivity index (χ1) is 14.1. The van der Waals surface area contributed by atoms with Gasteiger partial charge >= 0.3 is 0 Å². The fourth-order valence-corrected chi connectivity index (χ4v) is 4.55. The second kappa shape index (κ2) is 8.92. The number of rotatable bonds is 4. The fraction of sp³-hybridized carbons (Fsp3) is 0.429. The number of thiophene rings is 1. The maximum Gasteiger partial charge on any atom is 0.264 e. The lowest BCUT2D eigenvalue weighted by Crippen LogP contribution is -2.54. The van der Waals surface area contributed by atoms with E-state index in [1.54, 1.807) is 12.1 Å². The molecule has 2 fully saturated rings. The molecule has 0 N–H and O–H groups in total. The number of carbonyl (C=O) groups is 2. The molecule has 1 aromatic carbocycles. The van der Waals surface area contributed by atoms with Gasteiger partial charge < -0.3 is 14.7 Å². The van der Waals surface area contributed by atoms with Crippen LogP contribution in [0.1, 0.15) is 9.67 Å². The maximum atomic E-state index is 14.0. The standard InChI is InChI=1S/C21H25FN4O2S/c22-17-4-1-2-5-18(17)24-11-13-25(14-12-24)20(27)16-23-7-9-26(10-8-23)21(28)19-6-3-15-29-19/h1-6,15H,7-14,16H2. The van der Waals surface area contributed by atoms with E-state index < -0.39 is 0 Å². The normalized spacial score (nSPS) is 18.2. The van der Waals surface area contributed by atoms with Crippen molar-refractivity contribution in [2.75, 3.05) is 63.8 Å². The summed E-state index contributed by atoms with van der Waals surface area (Å²) in [6.45, 7) is 5.55. The van der Waals surface area contributed by atoms with Gasteiger partial charge in [-0.3, -0.25) is 14.5 Å². The van der Waals surface area contributed by atoms with Crippen molar-refractivity contribution < 1.29 is 14.0 Å². The number of benzene rings is 1. The maximum absolute atomic E-state index is 14.0. The van der Waals surface area contributed by atoms with Crippen LogP contribution < -0.4 is 4.90 Å². The van der Waals surface area contributed by atoms with Crippen molar-refractivity contribution in [1.82, 2.24) is 14.7 Å². The van der Waals surface area contributed by atoms with Crippen LogP contribution in [0.15, 0.2) is 41.8 Å². The van der Waals surface area contributed by atoms with Crippen molar-refractivity contribution >= 4 is 28.8 Å². The molecule has 6 nitrogen and oxygen atoms in total. The lowest BCUT2D eigenvalue weighted by atomic mass is 10.2. The molecule has 0 radical (unpaired) electrons. The molecule has 3 heterocycles. The average molecular weight is 417 g/mol. The molecule has 0 bridgehead atoms. The van der Waals surface area contributed by atoms with Crippen LogP contribution in [0, 0.1) is 5.82 Å². The molecule has 0 atom stereocenters. The van der Waals surface area contributed by atoms with E-state index in [-0.39, 0.29) is 17.6 Å². The molecule has 29 heavy (non-hydrogen) atoms. The highest BCUT2D eigenvalue weighted by Gasteiger charge is 2.27. The van der Waals surface area contributed by atoms with Gasteiger partial charge in [-0.15, -0.1) is 11.3 Å². The fourth-order valence-electron chi connectivity index (χ4n) is 3.86. The van der Waals surface area contributed by atoms with Gasteiger partial charge in [0.25, 0.3) is 5.91 Å². The Hall–Kier alpha value is -2.45. The number of para-hydroxylation sites is 1. The molecule has 154 valence electrons. The summed E-state index contributed by atoms with van der Waals surface area (Å²) in [5.74, 6) is -0.0336. The summed E-state index contributed by atoms with van der Waals surface area (Å²) >= 11 is 1.46. The molecule has 2 aliphatic heterocycles. The van der Waals surface area contributed by atoms with Crippen molar-refractivity contribution in [1.29, 1.82) is 0 Å². The quantitative estimate of drug-likeness (QED) is 0.765. The zero-order chi connectivity index (χ0) is 20.2. The smallest absolute Gasteiger partial charge is 0.264 e. The lowest BCUT2D eigenvalue weighted by molar-refractivity contribution is -0.133. The molecule has 2 amide bonds. The van der Waals surface area contributed by atoms with Gasteiger partial charge in [0, 0.05) is 52.4 Å². The molecule has 2 aliphatic rings. The molecule has 8 heteroatoms. The zero-order valence-electron chi connectivity index (χ0n) is 16.3. The summed E-state index contributed by atoms with van der Waals surface area (Å²) in [7, 11) is 0. The third-order valence-corrected chi connectivity index (χ3v) is 6.43. The monoisotopic (exact) mass is 416 g/mol. The van der Waals surface area contributed by atoms with Gasteiger partial charge in [0.1, 0.15) is 5.82 Å².